The quantitative estimate of drug-likeness (QED) is 0.851. The first kappa shape index (κ1) is 16.9. The number of benzene rings is 1. The molecule has 0 saturated heterocycles. The van der Waals surface area contributed by atoms with Crippen molar-refractivity contribution in [3.05, 3.63) is 57.3 Å². The van der Waals surface area contributed by atoms with Gasteiger partial charge in [0.2, 0.25) is 5.91 Å². The van der Waals surface area contributed by atoms with E-state index in [-0.39, 0.29) is 18.0 Å². The van der Waals surface area contributed by atoms with E-state index in [9.17, 15) is 14.4 Å². The number of anilines is 1. The summed E-state index contributed by atoms with van der Waals surface area (Å²) in [5.41, 5.74) is 2.23. The van der Waals surface area contributed by atoms with Gasteiger partial charge in [-0.3, -0.25) is 14.2 Å². The Balaban J connectivity index is 1.78. The lowest BCUT2D eigenvalue weighted by Gasteiger charge is -2.12. The second-order valence-corrected chi connectivity index (χ2v) is 5.95. The number of ether oxygens (including phenoxy) is 1. The molecule has 1 aliphatic carbocycles. The molecule has 1 N–H and O–H groups in total. The minimum atomic E-state index is -0.481. The Morgan fingerprint density at radius 3 is 2.88 bits per heavy atom. The molecule has 1 amide bonds. The van der Waals surface area contributed by atoms with Gasteiger partial charge in [-0.25, -0.2) is 9.78 Å². The summed E-state index contributed by atoms with van der Waals surface area (Å²) in [6.45, 7) is 1.61. The number of esters is 1. The van der Waals surface area contributed by atoms with Crippen LogP contribution in [-0.2, 0) is 28.9 Å². The highest BCUT2D eigenvalue weighted by atomic mass is 16.5. The van der Waals surface area contributed by atoms with Crippen LogP contribution >= 0.6 is 0 Å². The van der Waals surface area contributed by atoms with Crippen molar-refractivity contribution in [2.45, 2.75) is 32.7 Å². The highest BCUT2D eigenvalue weighted by Crippen LogP contribution is 2.16. The van der Waals surface area contributed by atoms with Crippen LogP contribution in [0.25, 0.3) is 0 Å². The fraction of sp³-hybridized carbons (Fsp3) is 0.333. The van der Waals surface area contributed by atoms with Crippen molar-refractivity contribution in [2.75, 3.05) is 12.4 Å². The molecule has 0 bridgehead atoms. The number of aryl methyl sites for hydroxylation is 2. The first-order valence-corrected chi connectivity index (χ1v) is 8.07. The van der Waals surface area contributed by atoms with Crippen molar-refractivity contribution in [1.82, 2.24) is 9.55 Å². The van der Waals surface area contributed by atoms with Gasteiger partial charge in [0.25, 0.3) is 5.56 Å². The monoisotopic (exact) mass is 341 g/mol. The minimum absolute atomic E-state index is 0.118. The Hall–Kier alpha value is -2.96. The summed E-state index contributed by atoms with van der Waals surface area (Å²) in [7, 11) is 1.30. The van der Waals surface area contributed by atoms with Crippen LogP contribution in [0.1, 0.15) is 33.9 Å². The van der Waals surface area contributed by atoms with Gasteiger partial charge in [-0.1, -0.05) is 6.07 Å². The van der Waals surface area contributed by atoms with E-state index in [1.807, 2.05) is 0 Å². The molecule has 1 aromatic heterocycles. The summed E-state index contributed by atoms with van der Waals surface area (Å²) < 4.78 is 6.05. The van der Waals surface area contributed by atoms with Gasteiger partial charge in [0.15, 0.2) is 0 Å². The van der Waals surface area contributed by atoms with Crippen LogP contribution in [0.15, 0.2) is 29.1 Å². The molecular formula is C18H19N3O4. The highest BCUT2D eigenvalue weighted by molar-refractivity contribution is 5.94. The predicted octanol–water partition coefficient (Wildman–Crippen LogP) is 1.47. The second-order valence-electron chi connectivity index (χ2n) is 5.95. The molecule has 0 fully saturated rings. The van der Waals surface area contributed by atoms with Crippen LogP contribution in [0.2, 0.25) is 0 Å². The Bertz CT molecular complexity index is 902. The number of carbonyl (C=O) groups is 2. The number of nitrogens with zero attached hydrogens (tertiary/aromatic N) is 2. The van der Waals surface area contributed by atoms with Gasteiger partial charge in [-0.2, -0.15) is 0 Å². The third kappa shape index (κ3) is 3.45. The van der Waals surface area contributed by atoms with E-state index in [2.05, 4.69) is 15.0 Å². The standard InChI is InChI=1S/C18H19N3O4/c1-11-19-15-8-4-7-14(15)17(23)21(11)10-16(22)20-13-6-3-5-12(9-13)18(24)25-2/h3,5-6,9H,4,7-8,10H2,1-2H3,(H,20,22). The summed E-state index contributed by atoms with van der Waals surface area (Å²) in [6.07, 6.45) is 2.45. The van der Waals surface area contributed by atoms with E-state index >= 15 is 0 Å². The maximum atomic E-state index is 12.5. The number of carbonyl (C=O) groups excluding carboxylic acids is 2. The molecule has 0 saturated carbocycles. The lowest BCUT2D eigenvalue weighted by atomic mass is 10.2. The third-order valence-electron chi connectivity index (χ3n) is 4.25. The molecule has 0 spiro atoms. The zero-order valence-corrected chi connectivity index (χ0v) is 14.2. The number of hydrogen-bond donors (Lipinski definition) is 1. The van der Waals surface area contributed by atoms with E-state index in [4.69, 9.17) is 0 Å². The average molecular weight is 341 g/mol. The van der Waals surface area contributed by atoms with E-state index in [1.165, 1.54) is 17.7 Å². The predicted molar refractivity (Wildman–Crippen MR) is 91.7 cm³/mol. The molecule has 1 heterocycles. The Kier molecular flexibility index (Phi) is 4.65. The fourth-order valence-electron chi connectivity index (χ4n) is 3.02. The summed E-state index contributed by atoms with van der Waals surface area (Å²) >= 11 is 0. The zero-order chi connectivity index (χ0) is 18.0. The lowest BCUT2D eigenvalue weighted by Crippen LogP contribution is -2.32. The maximum Gasteiger partial charge on any atom is 0.337 e. The second kappa shape index (κ2) is 6.88. The molecule has 7 nitrogen and oxygen atoms in total. The van der Waals surface area contributed by atoms with Crippen LogP contribution in [0, 0.1) is 6.92 Å². The summed E-state index contributed by atoms with van der Waals surface area (Å²) in [5.74, 6) is -0.304. The van der Waals surface area contributed by atoms with Crippen molar-refractivity contribution in [2.24, 2.45) is 0 Å². The van der Waals surface area contributed by atoms with Crippen LogP contribution < -0.4 is 10.9 Å². The van der Waals surface area contributed by atoms with Gasteiger partial charge in [-0.05, 0) is 44.4 Å². The number of aromatic nitrogens is 2. The van der Waals surface area contributed by atoms with Gasteiger partial charge >= 0.3 is 5.97 Å². The number of hydrogen-bond acceptors (Lipinski definition) is 5. The van der Waals surface area contributed by atoms with Crippen molar-refractivity contribution >= 4 is 17.6 Å². The minimum Gasteiger partial charge on any atom is -0.465 e. The molecule has 25 heavy (non-hydrogen) atoms. The van der Waals surface area contributed by atoms with Crippen molar-refractivity contribution in [1.29, 1.82) is 0 Å². The molecular weight excluding hydrogens is 322 g/mol. The van der Waals surface area contributed by atoms with E-state index < -0.39 is 5.97 Å². The maximum absolute atomic E-state index is 12.5. The number of amides is 1. The van der Waals surface area contributed by atoms with E-state index in [0.717, 1.165) is 18.5 Å². The molecule has 0 aliphatic heterocycles. The van der Waals surface area contributed by atoms with Crippen LogP contribution in [0.4, 0.5) is 5.69 Å². The Morgan fingerprint density at radius 2 is 2.12 bits per heavy atom. The summed E-state index contributed by atoms with van der Waals surface area (Å²) in [4.78, 5) is 40.9. The first-order chi connectivity index (χ1) is 12.0. The smallest absolute Gasteiger partial charge is 0.337 e. The SMILES string of the molecule is COC(=O)c1cccc(NC(=O)Cn2c(C)nc3c(c2=O)CCC3)c1. The Morgan fingerprint density at radius 1 is 1.32 bits per heavy atom. The lowest BCUT2D eigenvalue weighted by molar-refractivity contribution is -0.116. The van der Waals surface area contributed by atoms with Gasteiger partial charge in [0.1, 0.15) is 12.4 Å². The largest absolute Gasteiger partial charge is 0.465 e. The first-order valence-electron chi connectivity index (χ1n) is 8.07. The molecule has 3 rings (SSSR count). The third-order valence-corrected chi connectivity index (χ3v) is 4.25. The van der Waals surface area contributed by atoms with E-state index in [0.29, 0.717) is 29.1 Å². The molecule has 2 aromatic rings. The molecule has 7 heteroatoms. The average Bonchev–Trinajstić information content (AvgIpc) is 3.06. The number of fused-ring (bicyclic) bond motifs is 1. The molecule has 1 aliphatic rings. The summed E-state index contributed by atoms with van der Waals surface area (Å²) in [6, 6.07) is 6.44. The molecule has 0 radical (unpaired) electrons. The van der Waals surface area contributed by atoms with Gasteiger partial charge < -0.3 is 10.1 Å². The number of nitrogens with one attached hydrogen (secondary N) is 1. The van der Waals surface area contributed by atoms with Gasteiger partial charge in [-0.15, -0.1) is 0 Å². The molecule has 130 valence electrons. The van der Waals surface area contributed by atoms with Crippen LogP contribution in [0.3, 0.4) is 0 Å². The molecule has 0 atom stereocenters. The molecule has 1 aromatic carbocycles. The van der Waals surface area contributed by atoms with Gasteiger partial charge in [0, 0.05) is 11.3 Å². The fourth-order valence-corrected chi connectivity index (χ4v) is 3.02. The van der Waals surface area contributed by atoms with E-state index in [1.54, 1.807) is 25.1 Å². The highest BCUT2D eigenvalue weighted by Gasteiger charge is 2.20. The molecule has 0 unspecified atom stereocenters. The summed E-state index contributed by atoms with van der Waals surface area (Å²) in [5, 5.41) is 2.70. The zero-order valence-electron chi connectivity index (χ0n) is 14.2. The Labute approximate surface area is 144 Å². The van der Waals surface area contributed by atoms with Crippen LogP contribution in [-0.4, -0.2) is 28.5 Å². The normalized spacial score (nSPS) is 12.6. The number of rotatable bonds is 4. The van der Waals surface area contributed by atoms with Crippen molar-refractivity contribution < 1.29 is 14.3 Å². The van der Waals surface area contributed by atoms with Crippen LogP contribution in [0.5, 0.6) is 0 Å². The van der Waals surface area contributed by atoms with Gasteiger partial charge in [0.05, 0.1) is 18.4 Å². The number of methoxy groups -OCH3 is 1. The van der Waals surface area contributed by atoms with Crippen molar-refractivity contribution in [3.63, 3.8) is 0 Å². The van der Waals surface area contributed by atoms with Crippen molar-refractivity contribution in [3.8, 4) is 0 Å². The topological polar surface area (TPSA) is 90.3 Å².